The van der Waals surface area contributed by atoms with Gasteiger partial charge in [-0.05, 0) is 50.8 Å². The van der Waals surface area contributed by atoms with E-state index in [2.05, 4.69) is 4.99 Å². The molecule has 0 spiro atoms. The van der Waals surface area contributed by atoms with Gasteiger partial charge >= 0.3 is 12.1 Å². The highest BCUT2D eigenvalue weighted by Crippen LogP contribution is 2.20. The number of aliphatic imine (C=N–C) groups is 1. The van der Waals surface area contributed by atoms with Crippen molar-refractivity contribution in [3.8, 4) is 0 Å². The van der Waals surface area contributed by atoms with Gasteiger partial charge in [-0.25, -0.2) is 4.79 Å². The Hall–Kier alpha value is -3.17. The molecule has 1 atom stereocenters. The Morgan fingerprint density at radius 3 is 2.57 bits per heavy atom. The van der Waals surface area contributed by atoms with Crippen LogP contribution in [-0.2, 0) is 20.9 Å². The average Bonchev–Trinajstić information content (AvgIpc) is 3.13. The van der Waals surface area contributed by atoms with E-state index in [9.17, 15) is 19.7 Å². The maximum absolute atomic E-state index is 12.1. The van der Waals surface area contributed by atoms with Gasteiger partial charge in [0.1, 0.15) is 24.5 Å². The van der Waals surface area contributed by atoms with Crippen molar-refractivity contribution in [2.75, 3.05) is 19.6 Å². The number of non-ortho nitro benzene ring substituents is 1. The molecule has 1 aromatic rings. The zero-order valence-electron chi connectivity index (χ0n) is 17.5. The molecule has 0 aliphatic carbocycles. The Bertz CT molecular complexity index is 801. The van der Waals surface area contributed by atoms with Gasteiger partial charge in [0, 0.05) is 31.8 Å². The molecule has 1 heterocycles. The number of nitro groups is 1. The molecule has 0 aromatic heterocycles. The number of esters is 1. The van der Waals surface area contributed by atoms with Gasteiger partial charge < -0.3 is 20.1 Å². The lowest BCUT2D eigenvalue weighted by molar-refractivity contribution is -0.384. The molecule has 30 heavy (non-hydrogen) atoms. The molecule has 0 saturated carbocycles. The van der Waals surface area contributed by atoms with Crippen molar-refractivity contribution in [1.82, 2.24) is 4.90 Å². The molecule has 1 fully saturated rings. The number of carbonyl (C=O) groups excluding carboxylic acids is 2. The lowest BCUT2D eigenvalue weighted by Crippen LogP contribution is -2.35. The van der Waals surface area contributed by atoms with Crippen molar-refractivity contribution in [3.05, 3.63) is 39.9 Å². The summed E-state index contributed by atoms with van der Waals surface area (Å²) in [7, 11) is 0. The molecule has 1 aliphatic rings. The van der Waals surface area contributed by atoms with Crippen LogP contribution in [0.25, 0.3) is 0 Å². The standard InChI is InChI=1S/C20H28N4O6/c1-20(2,3)30-19(26)23-9-8-15(12-23)11-22-17(21)10-18(25)29-13-14-4-6-16(7-5-14)24(27)28/h4-7,15H,8-13H2,1-3H3,(H2,21,22)/t15-/m0/s1. The molecule has 10 nitrogen and oxygen atoms in total. The van der Waals surface area contributed by atoms with E-state index in [0.29, 0.717) is 25.2 Å². The number of hydrogen-bond acceptors (Lipinski definition) is 7. The lowest BCUT2D eigenvalue weighted by atomic mass is 10.1. The monoisotopic (exact) mass is 420 g/mol. The van der Waals surface area contributed by atoms with E-state index in [1.54, 1.807) is 4.90 Å². The zero-order chi connectivity index (χ0) is 22.3. The number of rotatable bonds is 7. The predicted octanol–water partition coefficient (Wildman–Crippen LogP) is 2.64. The summed E-state index contributed by atoms with van der Waals surface area (Å²) in [5.41, 5.74) is 5.89. The van der Waals surface area contributed by atoms with Gasteiger partial charge in [0.15, 0.2) is 0 Å². The minimum atomic E-state index is -0.535. The van der Waals surface area contributed by atoms with E-state index < -0.39 is 16.5 Å². The predicted molar refractivity (Wildman–Crippen MR) is 110 cm³/mol. The van der Waals surface area contributed by atoms with Crippen LogP contribution >= 0.6 is 0 Å². The summed E-state index contributed by atoms with van der Waals surface area (Å²) < 4.78 is 10.5. The summed E-state index contributed by atoms with van der Waals surface area (Å²) in [6.07, 6.45) is 0.313. The Balaban J connectivity index is 1.72. The first-order chi connectivity index (χ1) is 14.0. The second-order valence-electron chi connectivity index (χ2n) is 8.17. The van der Waals surface area contributed by atoms with Crippen molar-refractivity contribution < 1.29 is 24.0 Å². The Morgan fingerprint density at radius 1 is 1.30 bits per heavy atom. The Labute approximate surface area is 175 Å². The highest BCUT2D eigenvalue weighted by Gasteiger charge is 2.29. The molecule has 2 rings (SSSR count). The number of benzene rings is 1. The van der Waals surface area contributed by atoms with Crippen LogP contribution in [-0.4, -0.2) is 53.0 Å². The van der Waals surface area contributed by atoms with Crippen LogP contribution < -0.4 is 5.73 Å². The molecular formula is C20H28N4O6. The van der Waals surface area contributed by atoms with E-state index >= 15 is 0 Å². The number of carbonyl (C=O) groups is 2. The lowest BCUT2D eigenvalue weighted by Gasteiger charge is -2.24. The van der Waals surface area contributed by atoms with E-state index in [1.807, 2.05) is 20.8 Å². The molecule has 0 bridgehead atoms. The van der Waals surface area contributed by atoms with Gasteiger partial charge in [-0.2, -0.15) is 0 Å². The molecule has 2 N–H and O–H groups in total. The number of amides is 1. The molecule has 1 aliphatic heterocycles. The quantitative estimate of drug-likeness (QED) is 0.235. The topological polar surface area (TPSA) is 137 Å². The Kier molecular flexibility index (Phi) is 7.73. The first kappa shape index (κ1) is 23.1. The third kappa shape index (κ3) is 7.69. The van der Waals surface area contributed by atoms with Gasteiger partial charge in [-0.15, -0.1) is 0 Å². The number of nitro benzene ring substituents is 1. The molecule has 164 valence electrons. The van der Waals surface area contributed by atoms with Crippen LogP contribution in [0.3, 0.4) is 0 Å². The molecule has 0 unspecified atom stereocenters. The van der Waals surface area contributed by atoms with Crippen molar-refractivity contribution in [2.45, 2.75) is 45.8 Å². The molecule has 0 radical (unpaired) electrons. The second-order valence-corrected chi connectivity index (χ2v) is 8.17. The van der Waals surface area contributed by atoms with Crippen molar-refractivity contribution in [1.29, 1.82) is 0 Å². The fourth-order valence-corrected chi connectivity index (χ4v) is 2.85. The van der Waals surface area contributed by atoms with Crippen molar-refractivity contribution in [3.63, 3.8) is 0 Å². The highest BCUT2D eigenvalue weighted by molar-refractivity contribution is 5.96. The van der Waals surface area contributed by atoms with Crippen LogP contribution in [0.2, 0.25) is 0 Å². The van der Waals surface area contributed by atoms with Crippen LogP contribution in [0, 0.1) is 16.0 Å². The fourth-order valence-electron chi connectivity index (χ4n) is 2.85. The number of likely N-dealkylation sites (tertiary alicyclic amines) is 1. The normalized spacial score (nSPS) is 17.0. The van der Waals surface area contributed by atoms with Gasteiger partial charge in [-0.3, -0.25) is 19.9 Å². The first-order valence-electron chi connectivity index (χ1n) is 9.69. The molecule has 1 saturated heterocycles. The van der Waals surface area contributed by atoms with Crippen LogP contribution in [0.1, 0.15) is 39.2 Å². The molecule has 1 aromatic carbocycles. The number of nitrogens with two attached hydrogens (primary N) is 1. The summed E-state index contributed by atoms with van der Waals surface area (Å²) >= 11 is 0. The summed E-state index contributed by atoms with van der Waals surface area (Å²) in [6.45, 7) is 7.03. The van der Waals surface area contributed by atoms with Crippen LogP contribution in [0.4, 0.5) is 10.5 Å². The summed E-state index contributed by atoms with van der Waals surface area (Å²) in [4.78, 5) is 40.0. The largest absolute Gasteiger partial charge is 0.460 e. The van der Waals surface area contributed by atoms with Gasteiger partial charge in [0.25, 0.3) is 5.69 Å². The average molecular weight is 420 g/mol. The van der Waals surface area contributed by atoms with Gasteiger partial charge in [-0.1, -0.05) is 0 Å². The van der Waals surface area contributed by atoms with Crippen LogP contribution in [0.5, 0.6) is 0 Å². The smallest absolute Gasteiger partial charge is 0.410 e. The number of nitrogens with zero attached hydrogens (tertiary/aromatic N) is 3. The van der Waals surface area contributed by atoms with Crippen LogP contribution in [0.15, 0.2) is 29.3 Å². The molecule has 10 heteroatoms. The maximum atomic E-state index is 12.1. The second kappa shape index (κ2) is 10.0. The number of ether oxygens (including phenoxy) is 2. The molecule has 1 amide bonds. The third-order valence-electron chi connectivity index (χ3n) is 4.36. The third-order valence-corrected chi connectivity index (χ3v) is 4.36. The number of amidine groups is 1. The van der Waals surface area contributed by atoms with Gasteiger partial charge in [0.05, 0.1) is 4.92 Å². The zero-order valence-corrected chi connectivity index (χ0v) is 17.5. The van der Waals surface area contributed by atoms with Crippen molar-refractivity contribution >= 4 is 23.6 Å². The number of hydrogen-bond donors (Lipinski definition) is 1. The SMILES string of the molecule is CC(C)(C)OC(=O)N1CC[C@@H](CN=C(N)CC(=O)OCc2ccc([N+](=O)[O-])cc2)C1. The van der Waals surface area contributed by atoms with Crippen molar-refractivity contribution in [2.24, 2.45) is 16.6 Å². The van der Waals surface area contributed by atoms with E-state index in [1.165, 1.54) is 24.3 Å². The van der Waals surface area contributed by atoms with E-state index in [-0.39, 0.29) is 36.6 Å². The minimum absolute atomic E-state index is 0.00240. The maximum Gasteiger partial charge on any atom is 0.410 e. The van der Waals surface area contributed by atoms with E-state index in [0.717, 1.165) is 6.42 Å². The Morgan fingerprint density at radius 2 is 1.97 bits per heavy atom. The fraction of sp³-hybridized carbons (Fsp3) is 0.550. The highest BCUT2D eigenvalue weighted by atomic mass is 16.6. The first-order valence-corrected chi connectivity index (χ1v) is 9.69. The van der Waals surface area contributed by atoms with Gasteiger partial charge in [0.2, 0.25) is 0 Å². The summed E-state index contributed by atoms with van der Waals surface area (Å²) in [5, 5.41) is 10.6. The summed E-state index contributed by atoms with van der Waals surface area (Å²) in [6, 6.07) is 5.75. The minimum Gasteiger partial charge on any atom is -0.460 e. The summed E-state index contributed by atoms with van der Waals surface area (Å²) in [5.74, 6) is -0.206. The molecular weight excluding hydrogens is 392 g/mol. The van der Waals surface area contributed by atoms with E-state index in [4.69, 9.17) is 15.2 Å².